The summed E-state index contributed by atoms with van der Waals surface area (Å²) in [6.45, 7) is 0. The molecule has 1 aliphatic rings. The van der Waals surface area contributed by atoms with E-state index >= 15 is 0 Å². The van der Waals surface area contributed by atoms with Gasteiger partial charge in [-0.3, -0.25) is 0 Å². The van der Waals surface area contributed by atoms with Crippen molar-refractivity contribution in [2.75, 3.05) is 39.7 Å². The number of nitrogens with one attached hydrogen (secondary N) is 2. The van der Waals surface area contributed by atoms with E-state index in [4.69, 9.17) is 0 Å². The number of hydrogen-bond acceptors (Lipinski definition) is 2. The van der Waals surface area contributed by atoms with Gasteiger partial charge in [0.2, 0.25) is 0 Å². The van der Waals surface area contributed by atoms with Gasteiger partial charge in [-0.25, -0.2) is 8.42 Å². The molecule has 0 aliphatic carbocycles. The first-order chi connectivity index (χ1) is 5.83. The van der Waals surface area contributed by atoms with E-state index in [2.05, 4.69) is 0 Å². The Morgan fingerprint density at radius 1 is 0.923 bits per heavy atom. The van der Waals surface area contributed by atoms with Crippen LogP contribution < -0.4 is 9.80 Å². The fourth-order valence-corrected chi connectivity index (χ4v) is 4.35. The highest BCUT2D eigenvalue weighted by molar-refractivity contribution is 7.91. The second kappa shape index (κ2) is 3.55. The molecular formula is C8H20N2O2S+2. The largest absolute Gasteiger partial charge is 0.332 e. The average molecular weight is 208 g/mol. The van der Waals surface area contributed by atoms with Gasteiger partial charge in [-0.05, 0) is 0 Å². The maximum Gasteiger partial charge on any atom is 0.162 e. The van der Waals surface area contributed by atoms with Crippen LogP contribution in [0.3, 0.4) is 0 Å². The van der Waals surface area contributed by atoms with Crippen LogP contribution >= 0.6 is 0 Å². The maximum absolute atomic E-state index is 11.4. The third kappa shape index (κ3) is 2.42. The summed E-state index contributed by atoms with van der Waals surface area (Å²) >= 11 is 0. The lowest BCUT2D eigenvalue weighted by atomic mass is 10.1. The summed E-state index contributed by atoms with van der Waals surface area (Å²) in [6.07, 6.45) is 0. The topological polar surface area (TPSA) is 43.0 Å². The van der Waals surface area contributed by atoms with Crippen molar-refractivity contribution in [3.63, 3.8) is 0 Å². The van der Waals surface area contributed by atoms with Crippen molar-refractivity contribution >= 4 is 9.84 Å². The minimum Gasteiger partial charge on any atom is -0.332 e. The molecule has 1 aliphatic heterocycles. The minimum atomic E-state index is -2.78. The number of sulfone groups is 1. The normalized spacial score (nSPS) is 33.1. The van der Waals surface area contributed by atoms with E-state index < -0.39 is 9.84 Å². The molecule has 2 atom stereocenters. The monoisotopic (exact) mass is 208 g/mol. The van der Waals surface area contributed by atoms with E-state index in [1.54, 1.807) is 0 Å². The van der Waals surface area contributed by atoms with Gasteiger partial charge in [-0.1, -0.05) is 0 Å². The third-order valence-corrected chi connectivity index (χ3v) is 4.57. The summed E-state index contributed by atoms with van der Waals surface area (Å²) in [5.41, 5.74) is 0. The molecule has 1 heterocycles. The number of likely N-dealkylation sites (N-methyl/N-ethyl adjacent to an activating group) is 2. The van der Waals surface area contributed by atoms with E-state index in [0.29, 0.717) is 11.5 Å². The number of quaternary nitrogens is 2. The molecule has 13 heavy (non-hydrogen) atoms. The molecule has 4 nitrogen and oxygen atoms in total. The van der Waals surface area contributed by atoms with E-state index in [9.17, 15) is 8.42 Å². The van der Waals surface area contributed by atoms with Gasteiger partial charge in [0, 0.05) is 0 Å². The molecule has 2 N–H and O–H groups in total. The zero-order chi connectivity index (χ0) is 10.2. The standard InChI is InChI=1S/C8H18N2O2S/c1-9(2)7-5-13(11,12)6-8(7)10(3)4/h7-8H,5-6H2,1-4H3/p+2/t7-,8+. The van der Waals surface area contributed by atoms with Crippen LogP contribution in [0.15, 0.2) is 0 Å². The second-order valence-corrected chi connectivity index (χ2v) is 6.60. The van der Waals surface area contributed by atoms with Crippen molar-refractivity contribution in [1.82, 2.24) is 0 Å². The summed E-state index contributed by atoms with van der Waals surface area (Å²) in [6, 6.07) is 0.519. The molecule has 0 bridgehead atoms. The molecule has 5 heteroatoms. The Hall–Kier alpha value is -0.130. The van der Waals surface area contributed by atoms with Crippen LogP contribution in [0.5, 0.6) is 0 Å². The van der Waals surface area contributed by atoms with Gasteiger partial charge in [0.05, 0.1) is 28.2 Å². The van der Waals surface area contributed by atoms with Gasteiger partial charge in [0.25, 0.3) is 0 Å². The lowest BCUT2D eigenvalue weighted by molar-refractivity contribution is -0.953. The SMILES string of the molecule is C[NH+](C)[C@@H]1CS(=O)(=O)C[C@@H]1[NH+](C)C. The van der Waals surface area contributed by atoms with Crippen LogP contribution in [-0.4, -0.2) is 60.2 Å². The summed E-state index contributed by atoms with van der Waals surface area (Å²) < 4.78 is 22.9. The third-order valence-electron chi connectivity index (χ3n) is 2.84. The minimum absolute atomic E-state index is 0.259. The summed E-state index contributed by atoms with van der Waals surface area (Å²) in [7, 11) is 5.34. The molecule has 1 saturated heterocycles. The van der Waals surface area contributed by atoms with Gasteiger partial charge < -0.3 is 9.80 Å². The molecule has 0 aromatic heterocycles. The van der Waals surface area contributed by atoms with Gasteiger partial charge in [-0.15, -0.1) is 0 Å². The summed E-state index contributed by atoms with van der Waals surface area (Å²) in [4.78, 5) is 2.49. The van der Waals surface area contributed by atoms with Gasteiger partial charge in [0.15, 0.2) is 21.9 Å². The Labute approximate surface area is 80.4 Å². The number of hydrogen-bond donors (Lipinski definition) is 2. The van der Waals surface area contributed by atoms with E-state index in [0.717, 1.165) is 0 Å². The van der Waals surface area contributed by atoms with Crippen LogP contribution in [0.4, 0.5) is 0 Å². The van der Waals surface area contributed by atoms with Crippen molar-refractivity contribution in [2.24, 2.45) is 0 Å². The predicted molar refractivity (Wildman–Crippen MR) is 51.9 cm³/mol. The second-order valence-electron chi connectivity index (χ2n) is 4.44. The lowest BCUT2D eigenvalue weighted by Crippen LogP contribution is -3.21. The van der Waals surface area contributed by atoms with Crippen molar-refractivity contribution < 1.29 is 18.2 Å². The Kier molecular flexibility index (Phi) is 2.99. The molecule has 78 valence electrons. The van der Waals surface area contributed by atoms with Crippen molar-refractivity contribution in [1.29, 1.82) is 0 Å². The molecular weight excluding hydrogens is 188 g/mol. The average Bonchev–Trinajstić information content (AvgIpc) is 2.26. The fraction of sp³-hybridized carbons (Fsp3) is 1.00. The Bertz CT molecular complexity index is 250. The van der Waals surface area contributed by atoms with Gasteiger partial charge >= 0.3 is 0 Å². The summed E-state index contributed by atoms with van der Waals surface area (Å²) in [5, 5.41) is 0. The predicted octanol–water partition coefficient (Wildman–Crippen LogP) is -3.56. The highest BCUT2D eigenvalue weighted by Gasteiger charge is 2.45. The first-order valence-electron chi connectivity index (χ1n) is 4.64. The molecule has 1 fully saturated rings. The van der Waals surface area contributed by atoms with Crippen molar-refractivity contribution in [3.05, 3.63) is 0 Å². The van der Waals surface area contributed by atoms with Crippen LogP contribution in [0, 0.1) is 0 Å². The highest BCUT2D eigenvalue weighted by atomic mass is 32.2. The summed E-state index contributed by atoms with van der Waals surface area (Å²) in [5.74, 6) is 0.705. The zero-order valence-corrected chi connectivity index (χ0v) is 9.61. The van der Waals surface area contributed by atoms with Crippen LogP contribution in [0.25, 0.3) is 0 Å². The van der Waals surface area contributed by atoms with Crippen molar-refractivity contribution in [3.8, 4) is 0 Å². The molecule has 0 spiro atoms. The molecule has 0 unspecified atom stereocenters. The van der Waals surface area contributed by atoms with Crippen LogP contribution in [0.2, 0.25) is 0 Å². The van der Waals surface area contributed by atoms with E-state index in [1.165, 1.54) is 9.80 Å². The molecule has 0 amide bonds. The Morgan fingerprint density at radius 2 is 1.23 bits per heavy atom. The van der Waals surface area contributed by atoms with Gasteiger partial charge in [-0.2, -0.15) is 0 Å². The molecule has 1 rings (SSSR count). The van der Waals surface area contributed by atoms with Crippen LogP contribution in [0.1, 0.15) is 0 Å². The Morgan fingerprint density at radius 3 is 1.46 bits per heavy atom. The van der Waals surface area contributed by atoms with Crippen LogP contribution in [-0.2, 0) is 9.84 Å². The zero-order valence-electron chi connectivity index (χ0n) is 8.79. The highest BCUT2D eigenvalue weighted by Crippen LogP contribution is 2.07. The molecule has 0 saturated carbocycles. The van der Waals surface area contributed by atoms with E-state index in [-0.39, 0.29) is 12.1 Å². The molecule has 0 aromatic rings. The lowest BCUT2D eigenvalue weighted by Gasteiger charge is -2.24. The van der Waals surface area contributed by atoms with Gasteiger partial charge in [0.1, 0.15) is 11.5 Å². The molecule has 0 radical (unpaired) electrons. The smallest absolute Gasteiger partial charge is 0.162 e. The fourth-order valence-electron chi connectivity index (χ4n) is 1.99. The quantitative estimate of drug-likeness (QED) is 0.493. The first-order valence-corrected chi connectivity index (χ1v) is 6.46. The Balaban J connectivity index is 2.84. The number of rotatable bonds is 2. The first kappa shape index (κ1) is 10.9. The van der Waals surface area contributed by atoms with E-state index in [1.807, 2.05) is 28.2 Å². The van der Waals surface area contributed by atoms with Crippen molar-refractivity contribution in [2.45, 2.75) is 12.1 Å². The maximum atomic E-state index is 11.4. The molecule has 0 aromatic carbocycles.